The number of nitrogens with two attached hydrogens (primary N) is 1. The summed E-state index contributed by atoms with van der Waals surface area (Å²) >= 11 is 0. The molecule has 1 atom stereocenters. The number of nitrogen functional groups attached to an aromatic ring is 1. The molecule has 17 heavy (non-hydrogen) atoms. The Labute approximate surface area is 101 Å². The maximum atomic E-state index is 13.4. The predicted molar refractivity (Wildman–Crippen MR) is 66.8 cm³/mol. The van der Waals surface area contributed by atoms with Crippen molar-refractivity contribution in [3.63, 3.8) is 0 Å². The average molecular weight is 242 g/mol. The Balaban J connectivity index is 2.73. The summed E-state index contributed by atoms with van der Waals surface area (Å²) in [5.74, 6) is -0.285. The Kier molecular flexibility index (Phi) is 5.03. The largest absolute Gasteiger partial charge is 0.491 e. The van der Waals surface area contributed by atoms with Gasteiger partial charge in [0.05, 0.1) is 24.1 Å². The third kappa shape index (κ3) is 4.11. The molecule has 0 bridgehead atoms. The van der Waals surface area contributed by atoms with Gasteiger partial charge < -0.3 is 20.9 Å². The average Bonchev–Trinajstić information content (AvgIpc) is 2.24. The van der Waals surface area contributed by atoms with E-state index in [9.17, 15) is 4.39 Å². The molecule has 0 amide bonds. The van der Waals surface area contributed by atoms with Gasteiger partial charge in [-0.05, 0) is 20.3 Å². The van der Waals surface area contributed by atoms with Crippen LogP contribution in [0, 0.1) is 5.82 Å². The summed E-state index contributed by atoms with van der Waals surface area (Å²) in [7, 11) is 0. The van der Waals surface area contributed by atoms with E-state index in [0.717, 1.165) is 0 Å². The highest BCUT2D eigenvalue weighted by Gasteiger charge is 2.08. The summed E-state index contributed by atoms with van der Waals surface area (Å²) in [6.07, 6.45) is 0.219. The van der Waals surface area contributed by atoms with Gasteiger partial charge in [-0.3, -0.25) is 0 Å². The number of hydrogen-bond acceptors (Lipinski definition) is 4. The number of aliphatic hydroxyl groups excluding tert-OH is 1. The highest BCUT2D eigenvalue weighted by Crippen LogP contribution is 2.28. The van der Waals surface area contributed by atoms with Crippen LogP contribution in [0.1, 0.15) is 20.3 Å². The maximum Gasteiger partial charge on any atom is 0.167 e. The van der Waals surface area contributed by atoms with Crippen molar-refractivity contribution >= 4 is 11.4 Å². The van der Waals surface area contributed by atoms with Crippen molar-refractivity contribution in [1.82, 2.24) is 0 Å². The smallest absolute Gasteiger partial charge is 0.167 e. The van der Waals surface area contributed by atoms with E-state index in [1.807, 2.05) is 0 Å². The van der Waals surface area contributed by atoms with Crippen molar-refractivity contribution in [1.29, 1.82) is 0 Å². The van der Waals surface area contributed by atoms with Gasteiger partial charge >= 0.3 is 0 Å². The second-order valence-electron chi connectivity index (χ2n) is 3.87. The number of benzene rings is 1. The van der Waals surface area contributed by atoms with E-state index in [1.165, 1.54) is 12.1 Å². The van der Waals surface area contributed by atoms with E-state index in [1.54, 1.807) is 13.8 Å². The molecule has 1 aromatic carbocycles. The van der Waals surface area contributed by atoms with E-state index < -0.39 is 5.82 Å². The number of nitrogens with one attached hydrogen (secondary N) is 1. The number of aliphatic hydroxyl groups is 1. The van der Waals surface area contributed by atoms with Crippen LogP contribution in [0.3, 0.4) is 0 Å². The monoisotopic (exact) mass is 242 g/mol. The van der Waals surface area contributed by atoms with Crippen molar-refractivity contribution in [3.8, 4) is 5.75 Å². The standard InChI is InChI=1S/C12H19FN2O2/c1-3-17-12-7-11(10(14)6-9(12)13)15-5-4-8(2)16/h6-8,15-16H,3-5,14H2,1-2H3. The van der Waals surface area contributed by atoms with Crippen LogP contribution in [0.5, 0.6) is 5.75 Å². The molecule has 0 aliphatic rings. The van der Waals surface area contributed by atoms with Crippen LogP contribution in [0.25, 0.3) is 0 Å². The number of ether oxygens (including phenoxy) is 1. The minimum absolute atomic E-state index is 0.182. The molecule has 0 radical (unpaired) electrons. The molecular formula is C12H19FN2O2. The molecule has 0 aromatic heterocycles. The first-order valence-corrected chi connectivity index (χ1v) is 5.68. The summed E-state index contributed by atoms with van der Waals surface area (Å²) in [5, 5.41) is 12.2. The van der Waals surface area contributed by atoms with Crippen LogP contribution in [0.15, 0.2) is 12.1 Å². The molecule has 0 aliphatic carbocycles. The van der Waals surface area contributed by atoms with Crippen LogP contribution in [0.4, 0.5) is 15.8 Å². The fraction of sp³-hybridized carbons (Fsp3) is 0.500. The summed E-state index contributed by atoms with van der Waals surface area (Å²) in [6, 6.07) is 2.77. The normalized spacial score (nSPS) is 12.2. The second kappa shape index (κ2) is 6.30. The zero-order valence-corrected chi connectivity index (χ0v) is 10.2. The first kappa shape index (κ1) is 13.6. The molecular weight excluding hydrogens is 223 g/mol. The van der Waals surface area contributed by atoms with Crippen LogP contribution in [-0.4, -0.2) is 24.4 Å². The molecule has 0 heterocycles. The molecule has 4 nitrogen and oxygen atoms in total. The summed E-state index contributed by atoms with van der Waals surface area (Å²) in [5.41, 5.74) is 6.63. The number of halogens is 1. The molecule has 0 saturated heterocycles. The van der Waals surface area contributed by atoms with Crippen LogP contribution in [-0.2, 0) is 0 Å². The van der Waals surface area contributed by atoms with E-state index in [-0.39, 0.29) is 11.9 Å². The van der Waals surface area contributed by atoms with Crippen molar-refractivity contribution in [2.24, 2.45) is 0 Å². The highest BCUT2D eigenvalue weighted by molar-refractivity contribution is 5.68. The van der Waals surface area contributed by atoms with Gasteiger partial charge in [0.2, 0.25) is 0 Å². The first-order chi connectivity index (χ1) is 8.04. The van der Waals surface area contributed by atoms with E-state index >= 15 is 0 Å². The van der Waals surface area contributed by atoms with Crippen LogP contribution in [0.2, 0.25) is 0 Å². The molecule has 0 fully saturated rings. The Morgan fingerprint density at radius 1 is 1.53 bits per heavy atom. The van der Waals surface area contributed by atoms with Crippen LogP contribution < -0.4 is 15.8 Å². The number of hydrogen-bond donors (Lipinski definition) is 3. The van der Waals surface area contributed by atoms with E-state index in [2.05, 4.69) is 5.32 Å². The fourth-order valence-electron chi connectivity index (χ4n) is 1.40. The fourth-order valence-corrected chi connectivity index (χ4v) is 1.40. The number of rotatable bonds is 6. The van der Waals surface area contributed by atoms with Crippen molar-refractivity contribution in [3.05, 3.63) is 17.9 Å². The molecule has 0 saturated carbocycles. The molecule has 5 heteroatoms. The predicted octanol–water partition coefficient (Wildman–Crippen LogP) is 1.99. The molecule has 1 unspecified atom stereocenters. The van der Waals surface area contributed by atoms with E-state index in [4.69, 9.17) is 15.6 Å². The van der Waals surface area contributed by atoms with Crippen LogP contribution >= 0.6 is 0 Å². The molecule has 0 spiro atoms. The second-order valence-corrected chi connectivity index (χ2v) is 3.87. The third-order valence-corrected chi connectivity index (χ3v) is 2.28. The lowest BCUT2D eigenvalue weighted by atomic mass is 10.2. The van der Waals surface area contributed by atoms with Crippen molar-refractivity contribution in [2.45, 2.75) is 26.4 Å². The zero-order valence-electron chi connectivity index (χ0n) is 10.2. The Morgan fingerprint density at radius 2 is 2.24 bits per heavy atom. The summed E-state index contributed by atoms with van der Waals surface area (Å²) in [6.45, 7) is 4.46. The highest BCUT2D eigenvalue weighted by atomic mass is 19.1. The zero-order chi connectivity index (χ0) is 12.8. The first-order valence-electron chi connectivity index (χ1n) is 5.68. The lowest BCUT2D eigenvalue weighted by Gasteiger charge is -2.13. The van der Waals surface area contributed by atoms with Gasteiger partial charge in [-0.25, -0.2) is 4.39 Å². The number of anilines is 2. The van der Waals surface area contributed by atoms with E-state index in [0.29, 0.717) is 30.9 Å². The van der Waals surface area contributed by atoms with Gasteiger partial charge in [-0.1, -0.05) is 0 Å². The van der Waals surface area contributed by atoms with Crippen molar-refractivity contribution in [2.75, 3.05) is 24.2 Å². The van der Waals surface area contributed by atoms with Crippen molar-refractivity contribution < 1.29 is 14.2 Å². The van der Waals surface area contributed by atoms with Gasteiger partial charge in [0.25, 0.3) is 0 Å². The summed E-state index contributed by atoms with van der Waals surface area (Å²) < 4.78 is 18.5. The Hall–Kier alpha value is -1.49. The molecule has 0 aliphatic heterocycles. The Morgan fingerprint density at radius 3 is 2.82 bits per heavy atom. The van der Waals surface area contributed by atoms with Gasteiger partial charge in [-0.2, -0.15) is 0 Å². The lowest BCUT2D eigenvalue weighted by molar-refractivity contribution is 0.189. The SMILES string of the molecule is CCOc1cc(NCCC(C)O)c(N)cc1F. The minimum Gasteiger partial charge on any atom is -0.491 e. The molecule has 96 valence electrons. The third-order valence-electron chi connectivity index (χ3n) is 2.28. The Bertz CT molecular complexity index is 370. The van der Waals surface area contributed by atoms with Gasteiger partial charge in [0.1, 0.15) is 0 Å². The molecule has 1 rings (SSSR count). The van der Waals surface area contributed by atoms with Gasteiger partial charge in [0, 0.05) is 18.7 Å². The maximum absolute atomic E-state index is 13.4. The van der Waals surface area contributed by atoms with Gasteiger partial charge in [0.15, 0.2) is 11.6 Å². The molecule has 1 aromatic rings. The molecule has 4 N–H and O–H groups in total. The summed E-state index contributed by atoms with van der Waals surface area (Å²) in [4.78, 5) is 0. The van der Waals surface area contributed by atoms with Gasteiger partial charge in [-0.15, -0.1) is 0 Å². The quantitative estimate of drug-likeness (QED) is 0.667. The topological polar surface area (TPSA) is 67.5 Å². The lowest BCUT2D eigenvalue weighted by Crippen LogP contribution is -2.11. The minimum atomic E-state index is -0.467.